The van der Waals surface area contributed by atoms with Gasteiger partial charge in [-0.2, -0.15) is 0 Å². The molecule has 4 rings (SSSR count). The largest absolute Gasteiger partial charge is 0.322 e. The van der Waals surface area contributed by atoms with Crippen LogP contribution in [0, 0.1) is 27.7 Å². The summed E-state index contributed by atoms with van der Waals surface area (Å²) in [5.74, 6) is -0.155. The zero-order valence-corrected chi connectivity index (χ0v) is 20.1. The number of amides is 1. The summed E-state index contributed by atoms with van der Waals surface area (Å²) < 4.78 is 1.02. The van der Waals surface area contributed by atoms with Crippen LogP contribution < -0.4 is 5.32 Å². The number of aryl methyl sites for hydroxylation is 2. The Bertz CT molecular complexity index is 1330. The lowest BCUT2D eigenvalue weighted by Crippen LogP contribution is -2.14. The molecule has 0 aliphatic carbocycles. The number of nitrogens with zero attached hydrogens (tertiary/aromatic N) is 1. The van der Waals surface area contributed by atoms with Crippen molar-refractivity contribution in [3.8, 4) is 11.3 Å². The van der Waals surface area contributed by atoms with Crippen LogP contribution in [-0.4, -0.2) is 10.9 Å². The Balaban J connectivity index is 1.88. The van der Waals surface area contributed by atoms with Crippen LogP contribution in [0.15, 0.2) is 59.1 Å². The fourth-order valence-electron chi connectivity index (χ4n) is 3.75. The molecule has 31 heavy (non-hydrogen) atoms. The molecule has 3 nitrogen and oxygen atoms in total. The molecule has 156 valence electrons. The van der Waals surface area contributed by atoms with E-state index in [0.717, 1.165) is 54.6 Å². The van der Waals surface area contributed by atoms with Crippen molar-refractivity contribution in [2.45, 2.75) is 27.7 Å². The summed E-state index contributed by atoms with van der Waals surface area (Å²) in [4.78, 5) is 18.3. The Morgan fingerprint density at radius 1 is 0.935 bits per heavy atom. The molecule has 0 fully saturated rings. The van der Waals surface area contributed by atoms with Crippen LogP contribution in [0.4, 0.5) is 5.69 Å². The highest BCUT2D eigenvalue weighted by Gasteiger charge is 2.17. The summed E-state index contributed by atoms with van der Waals surface area (Å²) in [6.07, 6.45) is 0. The SMILES string of the molecule is Cc1cc(C)c2nc(-c3ccc(Cl)cc3)cc(C(=O)Nc3ccc(Br)c(C)c3C)c2c1. The molecule has 0 bridgehead atoms. The molecule has 4 aromatic rings. The molecule has 1 N–H and O–H groups in total. The molecule has 5 heteroatoms. The van der Waals surface area contributed by atoms with Crippen LogP contribution >= 0.6 is 27.5 Å². The molecule has 0 radical (unpaired) electrons. The molecule has 0 aliphatic heterocycles. The molecule has 1 amide bonds. The van der Waals surface area contributed by atoms with Crippen molar-refractivity contribution in [2.75, 3.05) is 5.32 Å². The van der Waals surface area contributed by atoms with Gasteiger partial charge in [0.25, 0.3) is 5.91 Å². The molecule has 0 saturated carbocycles. The van der Waals surface area contributed by atoms with Crippen LogP contribution in [0.3, 0.4) is 0 Å². The standard InChI is InChI=1S/C26H22BrClN2O/c1-14-11-15(2)25-20(12-14)21(13-24(29-25)18-5-7-19(28)8-6-18)26(31)30-23-10-9-22(27)16(3)17(23)4/h5-13H,1-4H3,(H,30,31). The number of rotatable bonds is 3. The number of fused-ring (bicyclic) bond motifs is 1. The van der Waals surface area contributed by atoms with Gasteiger partial charge in [-0.3, -0.25) is 4.79 Å². The number of carbonyl (C=O) groups excluding carboxylic acids is 1. The Kier molecular flexibility index (Phi) is 5.87. The van der Waals surface area contributed by atoms with E-state index in [4.69, 9.17) is 16.6 Å². The number of halogens is 2. The molecular formula is C26H22BrClN2O. The first-order valence-corrected chi connectivity index (χ1v) is 11.2. The van der Waals surface area contributed by atoms with Gasteiger partial charge in [0.1, 0.15) is 0 Å². The van der Waals surface area contributed by atoms with Crippen LogP contribution in [-0.2, 0) is 0 Å². The zero-order valence-electron chi connectivity index (χ0n) is 17.8. The van der Waals surface area contributed by atoms with Crippen LogP contribution in [0.25, 0.3) is 22.2 Å². The number of anilines is 1. The maximum atomic E-state index is 13.5. The average Bonchev–Trinajstić information content (AvgIpc) is 2.74. The molecule has 0 aliphatic rings. The summed E-state index contributed by atoms with van der Waals surface area (Å²) in [5, 5.41) is 4.61. The lowest BCUT2D eigenvalue weighted by Gasteiger charge is -2.15. The Morgan fingerprint density at radius 2 is 1.65 bits per heavy atom. The zero-order chi connectivity index (χ0) is 22.3. The summed E-state index contributed by atoms with van der Waals surface area (Å²) in [6.45, 7) is 8.09. The number of benzene rings is 3. The van der Waals surface area contributed by atoms with Crippen LogP contribution in [0.2, 0.25) is 5.02 Å². The monoisotopic (exact) mass is 492 g/mol. The molecule has 0 atom stereocenters. The maximum Gasteiger partial charge on any atom is 0.256 e. The molecular weight excluding hydrogens is 472 g/mol. The highest BCUT2D eigenvalue weighted by atomic mass is 79.9. The van der Waals surface area contributed by atoms with Gasteiger partial charge in [-0.05, 0) is 80.8 Å². The summed E-state index contributed by atoms with van der Waals surface area (Å²) >= 11 is 9.61. The third-order valence-corrected chi connectivity index (χ3v) is 6.71. The highest BCUT2D eigenvalue weighted by Crippen LogP contribution is 2.30. The minimum atomic E-state index is -0.155. The first-order chi connectivity index (χ1) is 14.7. The molecule has 0 saturated heterocycles. The summed E-state index contributed by atoms with van der Waals surface area (Å²) in [5.41, 5.74) is 8.14. The molecule has 0 spiro atoms. The van der Waals surface area contributed by atoms with Crippen molar-refractivity contribution in [1.82, 2.24) is 4.98 Å². The molecule has 1 heterocycles. The van der Waals surface area contributed by atoms with Gasteiger partial charge in [-0.1, -0.05) is 51.3 Å². The molecule has 0 unspecified atom stereocenters. The van der Waals surface area contributed by atoms with Crippen molar-refractivity contribution in [3.05, 3.63) is 91.9 Å². The normalized spacial score (nSPS) is 11.0. The van der Waals surface area contributed by atoms with Gasteiger partial charge in [0.15, 0.2) is 0 Å². The van der Waals surface area contributed by atoms with Crippen LogP contribution in [0.5, 0.6) is 0 Å². The number of aromatic nitrogens is 1. The highest BCUT2D eigenvalue weighted by molar-refractivity contribution is 9.10. The van der Waals surface area contributed by atoms with E-state index in [1.807, 2.05) is 76.2 Å². The predicted octanol–water partition coefficient (Wildman–Crippen LogP) is 7.80. The average molecular weight is 494 g/mol. The fourth-order valence-corrected chi connectivity index (χ4v) is 4.31. The van der Waals surface area contributed by atoms with Gasteiger partial charge in [0.2, 0.25) is 0 Å². The minimum absolute atomic E-state index is 0.155. The lowest BCUT2D eigenvalue weighted by molar-refractivity contribution is 0.102. The first kappa shape index (κ1) is 21.5. The number of nitrogens with one attached hydrogen (secondary N) is 1. The van der Waals surface area contributed by atoms with Crippen molar-refractivity contribution in [3.63, 3.8) is 0 Å². The van der Waals surface area contributed by atoms with Gasteiger partial charge in [0, 0.05) is 26.1 Å². The summed E-state index contributed by atoms with van der Waals surface area (Å²) in [7, 11) is 0. The molecule has 3 aromatic carbocycles. The van der Waals surface area contributed by atoms with Crippen molar-refractivity contribution >= 4 is 50.0 Å². The van der Waals surface area contributed by atoms with E-state index in [-0.39, 0.29) is 5.91 Å². The topological polar surface area (TPSA) is 42.0 Å². The van der Waals surface area contributed by atoms with E-state index in [0.29, 0.717) is 10.6 Å². The lowest BCUT2D eigenvalue weighted by atomic mass is 9.99. The number of carbonyl (C=O) groups is 1. The van der Waals surface area contributed by atoms with E-state index in [1.54, 1.807) is 0 Å². The van der Waals surface area contributed by atoms with Gasteiger partial charge in [0.05, 0.1) is 16.8 Å². The number of hydrogen-bond donors (Lipinski definition) is 1. The van der Waals surface area contributed by atoms with E-state index in [2.05, 4.69) is 27.3 Å². The van der Waals surface area contributed by atoms with Crippen molar-refractivity contribution in [1.29, 1.82) is 0 Å². The first-order valence-electron chi connectivity index (χ1n) is 9.99. The van der Waals surface area contributed by atoms with Gasteiger partial charge in [-0.15, -0.1) is 0 Å². The second kappa shape index (κ2) is 8.45. The second-order valence-electron chi connectivity index (χ2n) is 7.84. The minimum Gasteiger partial charge on any atom is -0.322 e. The van der Waals surface area contributed by atoms with Gasteiger partial charge in [-0.25, -0.2) is 4.98 Å². The number of pyridine rings is 1. The Hall–Kier alpha value is -2.69. The number of hydrogen-bond acceptors (Lipinski definition) is 2. The maximum absolute atomic E-state index is 13.5. The van der Waals surface area contributed by atoms with E-state index in [9.17, 15) is 4.79 Å². The van der Waals surface area contributed by atoms with E-state index < -0.39 is 0 Å². The Labute approximate surface area is 195 Å². The van der Waals surface area contributed by atoms with Crippen molar-refractivity contribution < 1.29 is 4.79 Å². The second-order valence-corrected chi connectivity index (χ2v) is 9.13. The fraction of sp³-hybridized carbons (Fsp3) is 0.154. The third kappa shape index (κ3) is 4.23. The summed E-state index contributed by atoms with van der Waals surface area (Å²) in [6, 6.07) is 17.4. The Morgan fingerprint density at radius 3 is 2.35 bits per heavy atom. The smallest absolute Gasteiger partial charge is 0.256 e. The van der Waals surface area contributed by atoms with Crippen LogP contribution in [0.1, 0.15) is 32.6 Å². The van der Waals surface area contributed by atoms with Gasteiger partial charge >= 0.3 is 0 Å². The van der Waals surface area contributed by atoms with Crippen molar-refractivity contribution in [2.24, 2.45) is 0 Å². The quantitative estimate of drug-likeness (QED) is 0.316. The third-order valence-electron chi connectivity index (χ3n) is 5.60. The predicted molar refractivity (Wildman–Crippen MR) is 133 cm³/mol. The molecule has 1 aromatic heterocycles. The van der Waals surface area contributed by atoms with Gasteiger partial charge < -0.3 is 5.32 Å². The van der Waals surface area contributed by atoms with E-state index >= 15 is 0 Å². The van der Waals surface area contributed by atoms with E-state index in [1.165, 1.54) is 0 Å².